The van der Waals surface area contributed by atoms with Crippen LogP contribution in [0.1, 0.15) is 52.3 Å². The monoisotopic (exact) mass is 547 g/mol. The number of pyridine rings is 1. The second-order valence-corrected chi connectivity index (χ2v) is 10.3. The largest absolute Gasteiger partial charge is 0.383 e. The highest BCUT2D eigenvalue weighted by molar-refractivity contribution is 9.10. The van der Waals surface area contributed by atoms with E-state index in [2.05, 4.69) is 26.7 Å². The average molecular weight is 548 g/mol. The van der Waals surface area contributed by atoms with Gasteiger partial charge in [-0.15, -0.1) is 0 Å². The van der Waals surface area contributed by atoms with Crippen LogP contribution in [0.15, 0.2) is 34.8 Å². The van der Waals surface area contributed by atoms with Gasteiger partial charge in [-0.05, 0) is 50.8 Å². The summed E-state index contributed by atoms with van der Waals surface area (Å²) in [7, 11) is 1.73. The molecule has 2 aromatic rings. The van der Waals surface area contributed by atoms with E-state index in [1.54, 1.807) is 32.7 Å². The number of halogens is 1. The molecule has 1 aromatic carbocycles. The molecular formula is C25H34BrN5O4. The number of rotatable bonds is 7. The van der Waals surface area contributed by atoms with E-state index in [-0.39, 0.29) is 23.8 Å². The molecule has 0 saturated carbocycles. The molecule has 1 aromatic heterocycles. The molecule has 0 radical (unpaired) electrons. The maximum Gasteiger partial charge on any atom is 0.258 e. The number of hydrogen-bond donors (Lipinski definition) is 3. The smallest absolute Gasteiger partial charge is 0.258 e. The fourth-order valence-electron chi connectivity index (χ4n) is 3.99. The van der Waals surface area contributed by atoms with Crippen LogP contribution in [0.25, 0.3) is 10.9 Å². The highest BCUT2D eigenvalue weighted by atomic mass is 79.9. The number of aliphatic hydroxyl groups is 1. The number of likely N-dealkylation sites (N-methyl/N-ethyl adjacent to an activating group) is 1. The van der Waals surface area contributed by atoms with Crippen molar-refractivity contribution in [3.05, 3.63) is 40.5 Å². The Morgan fingerprint density at radius 1 is 1.20 bits per heavy atom. The van der Waals surface area contributed by atoms with Gasteiger partial charge in [-0.25, -0.2) is 5.43 Å². The van der Waals surface area contributed by atoms with Crippen LogP contribution in [0.4, 0.5) is 0 Å². The molecule has 2 heterocycles. The first-order valence-electron chi connectivity index (χ1n) is 11.9. The lowest BCUT2D eigenvalue weighted by molar-refractivity contribution is -0.146. The molecule has 1 fully saturated rings. The summed E-state index contributed by atoms with van der Waals surface area (Å²) in [4.78, 5) is 44.7. The lowest BCUT2D eigenvalue weighted by Gasteiger charge is -2.37. The minimum Gasteiger partial charge on any atom is -0.383 e. The van der Waals surface area contributed by atoms with Crippen molar-refractivity contribution in [3.63, 3.8) is 0 Å². The Morgan fingerprint density at radius 2 is 1.89 bits per heavy atom. The number of aromatic nitrogens is 1. The van der Waals surface area contributed by atoms with E-state index < -0.39 is 24.1 Å². The number of carbonyl (C=O) groups excluding carboxylic acids is 3. The minimum atomic E-state index is -1.19. The predicted molar refractivity (Wildman–Crippen MR) is 137 cm³/mol. The van der Waals surface area contributed by atoms with Gasteiger partial charge >= 0.3 is 0 Å². The van der Waals surface area contributed by atoms with E-state index in [1.165, 1.54) is 5.01 Å². The van der Waals surface area contributed by atoms with Gasteiger partial charge in [0.1, 0.15) is 18.2 Å². The summed E-state index contributed by atoms with van der Waals surface area (Å²) < 4.78 is 0.937. The highest BCUT2D eigenvalue weighted by Gasteiger charge is 2.34. The first-order chi connectivity index (χ1) is 16.5. The molecule has 9 nitrogen and oxygen atoms in total. The predicted octanol–water partition coefficient (Wildman–Crippen LogP) is 2.53. The standard InChI is InChI=1S/C25H34BrN5O4/c1-14(2)22(32)23(33)27-15(3)24(34)31-12-6-7-20(29-31)25(35)30(5)16(4)19-11-9-17-8-10-18(26)13-21(17)28-19/h8-11,13-16,20,22,29,32H,6-7,12H2,1-5H3,(H,27,33)/t15-,16+,20-,22-/m0/s1. The third kappa shape index (κ3) is 6.36. The van der Waals surface area contributed by atoms with Crippen LogP contribution in [-0.2, 0) is 14.4 Å². The second-order valence-electron chi connectivity index (χ2n) is 9.43. The molecule has 3 amide bonds. The van der Waals surface area contributed by atoms with Crippen molar-refractivity contribution in [2.75, 3.05) is 13.6 Å². The molecule has 1 aliphatic heterocycles. The SMILES string of the molecule is CC(C)[C@H](O)C(=O)N[C@@H](C)C(=O)N1CCC[C@@H](C(=O)N(C)[C@H](C)c2ccc3ccc(Br)cc3n2)N1. The summed E-state index contributed by atoms with van der Waals surface area (Å²) in [6.45, 7) is 7.37. The molecule has 35 heavy (non-hydrogen) atoms. The van der Waals surface area contributed by atoms with Gasteiger partial charge in [-0.1, -0.05) is 41.9 Å². The van der Waals surface area contributed by atoms with Gasteiger partial charge < -0.3 is 15.3 Å². The van der Waals surface area contributed by atoms with Gasteiger partial charge in [0.05, 0.1) is 17.3 Å². The molecule has 3 N–H and O–H groups in total. The van der Waals surface area contributed by atoms with E-state index in [9.17, 15) is 19.5 Å². The van der Waals surface area contributed by atoms with E-state index in [1.807, 2.05) is 37.3 Å². The molecule has 0 unspecified atom stereocenters. The summed E-state index contributed by atoms with van der Waals surface area (Å²) in [6, 6.07) is 8.13. The van der Waals surface area contributed by atoms with Crippen molar-refractivity contribution < 1.29 is 19.5 Å². The van der Waals surface area contributed by atoms with Gasteiger partial charge in [0.25, 0.3) is 5.91 Å². The Kier molecular flexibility index (Phi) is 8.84. The maximum atomic E-state index is 13.3. The molecule has 190 valence electrons. The summed E-state index contributed by atoms with van der Waals surface area (Å²) in [6.07, 6.45) is 0.0493. The van der Waals surface area contributed by atoms with Crippen LogP contribution < -0.4 is 10.7 Å². The molecule has 3 rings (SSSR count). The second kappa shape index (κ2) is 11.5. The molecule has 0 bridgehead atoms. The Hall–Kier alpha value is -2.56. The Morgan fingerprint density at radius 3 is 2.57 bits per heavy atom. The lowest BCUT2D eigenvalue weighted by atomic mass is 10.1. The van der Waals surface area contributed by atoms with Crippen LogP contribution in [-0.4, -0.2) is 69.5 Å². The normalized spacial score (nSPS) is 18.7. The van der Waals surface area contributed by atoms with Crippen molar-refractivity contribution in [2.24, 2.45) is 5.92 Å². The molecule has 0 spiro atoms. The van der Waals surface area contributed by atoms with E-state index in [0.717, 1.165) is 21.1 Å². The number of hydrazine groups is 1. The van der Waals surface area contributed by atoms with E-state index in [4.69, 9.17) is 4.98 Å². The molecular weight excluding hydrogens is 514 g/mol. The van der Waals surface area contributed by atoms with Crippen molar-refractivity contribution in [1.82, 2.24) is 25.6 Å². The number of nitrogens with zero attached hydrogens (tertiary/aromatic N) is 3. The number of aliphatic hydroxyl groups excluding tert-OH is 1. The van der Waals surface area contributed by atoms with Crippen molar-refractivity contribution >= 4 is 44.6 Å². The van der Waals surface area contributed by atoms with Crippen LogP contribution in [0.2, 0.25) is 0 Å². The van der Waals surface area contributed by atoms with Gasteiger partial charge in [-0.3, -0.25) is 24.4 Å². The number of hydrogen-bond acceptors (Lipinski definition) is 6. The average Bonchev–Trinajstić information content (AvgIpc) is 2.85. The quantitative estimate of drug-likeness (QED) is 0.490. The summed E-state index contributed by atoms with van der Waals surface area (Å²) >= 11 is 3.47. The Labute approximate surface area is 214 Å². The lowest BCUT2D eigenvalue weighted by Crippen LogP contribution is -2.61. The number of benzene rings is 1. The fourth-order valence-corrected chi connectivity index (χ4v) is 4.34. The van der Waals surface area contributed by atoms with Crippen molar-refractivity contribution in [1.29, 1.82) is 0 Å². The number of carbonyl (C=O) groups is 3. The van der Waals surface area contributed by atoms with Crippen LogP contribution in [0.3, 0.4) is 0 Å². The minimum absolute atomic E-state index is 0.141. The Balaban J connectivity index is 1.64. The van der Waals surface area contributed by atoms with Crippen LogP contribution in [0.5, 0.6) is 0 Å². The molecule has 4 atom stereocenters. The zero-order chi connectivity index (χ0) is 25.9. The topological polar surface area (TPSA) is 115 Å². The third-order valence-electron chi connectivity index (χ3n) is 6.41. The third-order valence-corrected chi connectivity index (χ3v) is 6.91. The molecule has 0 aliphatic carbocycles. The first-order valence-corrected chi connectivity index (χ1v) is 12.7. The van der Waals surface area contributed by atoms with Gasteiger partial charge in [0, 0.05) is 23.5 Å². The zero-order valence-electron chi connectivity index (χ0n) is 20.8. The molecule has 1 saturated heterocycles. The summed E-state index contributed by atoms with van der Waals surface area (Å²) in [5.74, 6) is -1.35. The van der Waals surface area contributed by atoms with Crippen molar-refractivity contribution in [2.45, 2.75) is 64.8 Å². The zero-order valence-corrected chi connectivity index (χ0v) is 22.4. The summed E-state index contributed by atoms with van der Waals surface area (Å²) in [5, 5.41) is 14.9. The van der Waals surface area contributed by atoms with Crippen LogP contribution in [0, 0.1) is 5.92 Å². The Bertz CT molecular complexity index is 1090. The number of amides is 3. The highest BCUT2D eigenvalue weighted by Crippen LogP contribution is 2.24. The van der Waals surface area contributed by atoms with E-state index in [0.29, 0.717) is 19.4 Å². The van der Waals surface area contributed by atoms with Gasteiger partial charge in [-0.2, -0.15) is 0 Å². The number of nitrogens with one attached hydrogen (secondary N) is 2. The maximum absolute atomic E-state index is 13.3. The molecule has 10 heteroatoms. The first kappa shape index (κ1) is 27.0. The van der Waals surface area contributed by atoms with Gasteiger partial charge in [0.15, 0.2) is 0 Å². The number of fused-ring (bicyclic) bond motifs is 1. The summed E-state index contributed by atoms with van der Waals surface area (Å²) in [5.41, 5.74) is 4.65. The van der Waals surface area contributed by atoms with E-state index >= 15 is 0 Å². The molecule has 1 aliphatic rings. The van der Waals surface area contributed by atoms with Crippen molar-refractivity contribution in [3.8, 4) is 0 Å². The van der Waals surface area contributed by atoms with Crippen LogP contribution >= 0.6 is 15.9 Å². The fraction of sp³-hybridized carbons (Fsp3) is 0.520. The van der Waals surface area contributed by atoms with Gasteiger partial charge in [0.2, 0.25) is 11.8 Å².